The van der Waals surface area contributed by atoms with Gasteiger partial charge in [-0.05, 0) is 34.5 Å². The van der Waals surface area contributed by atoms with Crippen LogP contribution in [0.1, 0.15) is 15.9 Å². The van der Waals surface area contributed by atoms with Gasteiger partial charge in [-0.1, -0.05) is 48.5 Å². The van der Waals surface area contributed by atoms with E-state index in [4.69, 9.17) is 4.74 Å². The zero-order valence-corrected chi connectivity index (χ0v) is 19.9. The Morgan fingerprint density at radius 3 is 2.32 bits per heavy atom. The average molecular weight is 480 g/mol. The molecule has 0 unspecified atom stereocenters. The van der Waals surface area contributed by atoms with Crippen molar-refractivity contribution in [3.05, 3.63) is 77.9 Å². The first-order valence-corrected chi connectivity index (χ1v) is 13.1. The van der Waals surface area contributed by atoms with Crippen molar-refractivity contribution in [1.29, 1.82) is 0 Å². The number of hydrogen-bond acceptors (Lipinski definition) is 5. The second kappa shape index (κ2) is 9.84. The zero-order valence-electron chi connectivity index (χ0n) is 19.1. The van der Waals surface area contributed by atoms with Gasteiger partial charge < -0.3 is 9.64 Å². The van der Waals surface area contributed by atoms with E-state index >= 15 is 0 Å². The summed E-state index contributed by atoms with van der Waals surface area (Å²) in [6, 6.07) is 21.2. The molecule has 178 valence electrons. The number of carbonyl (C=O) groups is 1. The molecule has 3 aromatic carbocycles. The van der Waals surface area contributed by atoms with Crippen LogP contribution in [0.25, 0.3) is 10.8 Å². The van der Waals surface area contributed by atoms with Gasteiger partial charge in [-0.3, -0.25) is 9.69 Å². The summed E-state index contributed by atoms with van der Waals surface area (Å²) < 4.78 is 32.7. The molecule has 2 fully saturated rings. The summed E-state index contributed by atoms with van der Waals surface area (Å²) in [5.74, 6) is -0.121. The van der Waals surface area contributed by atoms with Gasteiger partial charge in [0.25, 0.3) is 5.91 Å². The molecule has 0 saturated carbocycles. The van der Waals surface area contributed by atoms with Gasteiger partial charge in [0, 0.05) is 51.4 Å². The molecule has 0 aromatic heterocycles. The summed E-state index contributed by atoms with van der Waals surface area (Å²) in [6.45, 7) is 5.08. The van der Waals surface area contributed by atoms with Gasteiger partial charge in [0.2, 0.25) is 10.0 Å². The predicted octanol–water partition coefficient (Wildman–Crippen LogP) is 2.82. The Morgan fingerprint density at radius 2 is 1.53 bits per heavy atom. The summed E-state index contributed by atoms with van der Waals surface area (Å²) in [5.41, 5.74) is 1.70. The average Bonchev–Trinajstić information content (AvgIpc) is 2.89. The number of rotatable bonds is 5. The van der Waals surface area contributed by atoms with Crippen LogP contribution in [0.4, 0.5) is 0 Å². The fourth-order valence-electron chi connectivity index (χ4n) is 4.69. The molecule has 0 radical (unpaired) electrons. The van der Waals surface area contributed by atoms with E-state index < -0.39 is 10.0 Å². The smallest absolute Gasteiger partial charge is 0.253 e. The van der Waals surface area contributed by atoms with Gasteiger partial charge >= 0.3 is 0 Å². The number of morpholine rings is 1. The maximum Gasteiger partial charge on any atom is 0.253 e. The highest BCUT2D eigenvalue weighted by Gasteiger charge is 2.28. The molecule has 5 rings (SSSR count). The van der Waals surface area contributed by atoms with Crippen molar-refractivity contribution in [2.45, 2.75) is 11.4 Å². The molecule has 7 nitrogen and oxygen atoms in total. The quantitative estimate of drug-likeness (QED) is 0.563. The first-order valence-electron chi connectivity index (χ1n) is 11.7. The normalized spacial score (nSPS) is 18.3. The van der Waals surface area contributed by atoms with Crippen LogP contribution in [0.15, 0.2) is 71.6 Å². The summed E-state index contributed by atoms with van der Waals surface area (Å²) in [4.78, 5) is 17.5. The monoisotopic (exact) mass is 479 g/mol. The standard InChI is InChI=1S/C26H29N3O4S/c30-26(22-7-4-9-24(19-22)34(31,32)29-15-17-33-18-16-29)28-13-11-27(12-14-28)20-23-8-3-6-21-5-1-2-10-25(21)23/h1-10,19H,11-18,20H2. The third-order valence-electron chi connectivity index (χ3n) is 6.62. The molecular formula is C26H29N3O4S. The first-order chi connectivity index (χ1) is 16.5. The number of sulfonamides is 1. The van der Waals surface area contributed by atoms with Crippen molar-refractivity contribution in [1.82, 2.24) is 14.1 Å². The van der Waals surface area contributed by atoms with Crippen molar-refractivity contribution in [3.8, 4) is 0 Å². The largest absolute Gasteiger partial charge is 0.379 e. The number of amides is 1. The molecule has 0 bridgehead atoms. The maximum atomic E-state index is 13.2. The van der Waals surface area contributed by atoms with Crippen LogP contribution in [-0.2, 0) is 21.3 Å². The molecule has 8 heteroatoms. The number of piperazine rings is 1. The number of benzene rings is 3. The van der Waals surface area contributed by atoms with Crippen LogP contribution in [0.2, 0.25) is 0 Å². The molecular weight excluding hydrogens is 450 g/mol. The lowest BCUT2D eigenvalue weighted by Crippen LogP contribution is -2.48. The van der Waals surface area contributed by atoms with Gasteiger partial charge in [0.1, 0.15) is 0 Å². The summed E-state index contributed by atoms with van der Waals surface area (Å²) in [6.07, 6.45) is 0. The van der Waals surface area contributed by atoms with E-state index in [-0.39, 0.29) is 10.8 Å². The number of fused-ring (bicyclic) bond motifs is 1. The van der Waals surface area contributed by atoms with E-state index in [0.29, 0.717) is 45.0 Å². The molecule has 0 aliphatic carbocycles. The van der Waals surface area contributed by atoms with E-state index in [0.717, 1.165) is 19.6 Å². The minimum absolute atomic E-state index is 0.121. The predicted molar refractivity (Wildman–Crippen MR) is 131 cm³/mol. The van der Waals surface area contributed by atoms with E-state index in [2.05, 4.69) is 47.4 Å². The Bertz CT molecular complexity index is 1270. The highest BCUT2D eigenvalue weighted by Crippen LogP contribution is 2.22. The lowest BCUT2D eigenvalue weighted by atomic mass is 10.0. The van der Waals surface area contributed by atoms with Crippen LogP contribution in [0.3, 0.4) is 0 Å². The van der Waals surface area contributed by atoms with Gasteiger partial charge in [-0.2, -0.15) is 4.31 Å². The fraction of sp³-hybridized carbons (Fsp3) is 0.346. The first kappa shape index (κ1) is 23.0. The molecule has 0 spiro atoms. The highest BCUT2D eigenvalue weighted by molar-refractivity contribution is 7.89. The van der Waals surface area contributed by atoms with Crippen LogP contribution < -0.4 is 0 Å². The molecule has 2 aliphatic heterocycles. The Kier molecular flexibility index (Phi) is 6.65. The highest BCUT2D eigenvalue weighted by atomic mass is 32.2. The van der Waals surface area contributed by atoms with Gasteiger partial charge in [-0.15, -0.1) is 0 Å². The topological polar surface area (TPSA) is 70.2 Å². The zero-order chi connectivity index (χ0) is 23.5. The minimum atomic E-state index is -3.64. The Labute approximate surface area is 200 Å². The number of nitrogens with zero attached hydrogens (tertiary/aromatic N) is 3. The lowest BCUT2D eigenvalue weighted by Gasteiger charge is -2.35. The number of carbonyl (C=O) groups excluding carboxylic acids is 1. The Hall–Kier alpha value is -2.78. The van der Waals surface area contributed by atoms with Crippen molar-refractivity contribution in [2.24, 2.45) is 0 Å². The van der Waals surface area contributed by atoms with Crippen LogP contribution in [0.5, 0.6) is 0 Å². The molecule has 1 amide bonds. The maximum absolute atomic E-state index is 13.2. The van der Waals surface area contributed by atoms with E-state index in [1.807, 2.05) is 4.90 Å². The number of ether oxygens (including phenoxy) is 1. The molecule has 2 aliphatic rings. The molecule has 0 atom stereocenters. The molecule has 0 N–H and O–H groups in total. The van der Waals surface area contributed by atoms with E-state index in [1.54, 1.807) is 18.2 Å². The second-order valence-corrected chi connectivity index (χ2v) is 10.7. The van der Waals surface area contributed by atoms with Crippen LogP contribution in [0, 0.1) is 0 Å². The number of hydrogen-bond donors (Lipinski definition) is 0. The lowest BCUT2D eigenvalue weighted by molar-refractivity contribution is 0.0628. The van der Waals surface area contributed by atoms with E-state index in [1.165, 1.54) is 26.7 Å². The SMILES string of the molecule is O=C(c1cccc(S(=O)(=O)N2CCOCC2)c1)N1CCN(Cc2cccc3ccccc23)CC1. The van der Waals surface area contributed by atoms with Crippen molar-refractivity contribution < 1.29 is 17.9 Å². The van der Waals surface area contributed by atoms with Crippen LogP contribution in [-0.4, -0.2) is 80.9 Å². The van der Waals surface area contributed by atoms with Gasteiger partial charge in [0.15, 0.2) is 0 Å². The van der Waals surface area contributed by atoms with Crippen molar-refractivity contribution >= 4 is 26.7 Å². The molecule has 3 aromatic rings. The van der Waals surface area contributed by atoms with Crippen molar-refractivity contribution in [3.63, 3.8) is 0 Å². The Morgan fingerprint density at radius 1 is 0.824 bits per heavy atom. The van der Waals surface area contributed by atoms with Gasteiger partial charge in [-0.25, -0.2) is 8.42 Å². The second-order valence-electron chi connectivity index (χ2n) is 8.75. The van der Waals surface area contributed by atoms with E-state index in [9.17, 15) is 13.2 Å². The molecule has 34 heavy (non-hydrogen) atoms. The Balaban J connectivity index is 1.24. The summed E-state index contributed by atoms with van der Waals surface area (Å²) >= 11 is 0. The van der Waals surface area contributed by atoms with Gasteiger partial charge in [0.05, 0.1) is 18.1 Å². The minimum Gasteiger partial charge on any atom is -0.379 e. The third kappa shape index (κ3) is 4.72. The molecule has 2 heterocycles. The summed E-state index contributed by atoms with van der Waals surface area (Å²) in [5, 5.41) is 2.50. The molecule has 2 saturated heterocycles. The fourth-order valence-corrected chi connectivity index (χ4v) is 6.14. The van der Waals surface area contributed by atoms with Crippen molar-refractivity contribution in [2.75, 3.05) is 52.5 Å². The summed E-state index contributed by atoms with van der Waals surface area (Å²) in [7, 11) is -3.64. The van der Waals surface area contributed by atoms with Crippen LogP contribution >= 0.6 is 0 Å². The third-order valence-corrected chi connectivity index (χ3v) is 8.52.